The third-order valence-corrected chi connectivity index (χ3v) is 4.91. The van der Waals surface area contributed by atoms with E-state index in [9.17, 15) is 0 Å². The van der Waals surface area contributed by atoms with Gasteiger partial charge in [-0.15, -0.1) is 24.0 Å². The maximum atomic E-state index is 5.46. The van der Waals surface area contributed by atoms with Gasteiger partial charge in [0.25, 0.3) is 0 Å². The molecule has 1 aromatic heterocycles. The van der Waals surface area contributed by atoms with Crippen LogP contribution in [0.25, 0.3) is 0 Å². The quantitative estimate of drug-likeness (QED) is 0.342. The number of hydrogen-bond donors (Lipinski definition) is 2. The number of hydrogen-bond acceptors (Lipinski definition) is 4. The van der Waals surface area contributed by atoms with Gasteiger partial charge in [0, 0.05) is 32.4 Å². The van der Waals surface area contributed by atoms with Crippen LogP contribution in [0.2, 0.25) is 0 Å². The molecule has 2 heterocycles. The van der Waals surface area contributed by atoms with Crippen LogP contribution in [-0.2, 0) is 24.4 Å². The molecular weight excluding hydrogens is 477 g/mol. The molecule has 0 atom stereocenters. The van der Waals surface area contributed by atoms with E-state index < -0.39 is 0 Å². The minimum atomic E-state index is 0. The highest BCUT2D eigenvalue weighted by molar-refractivity contribution is 14.0. The summed E-state index contributed by atoms with van der Waals surface area (Å²) < 4.78 is 5.46. The number of nitrogens with one attached hydrogen (secondary N) is 2. The molecule has 6 nitrogen and oxygen atoms in total. The highest BCUT2D eigenvalue weighted by Gasteiger charge is 2.12. The Morgan fingerprint density at radius 3 is 2.59 bits per heavy atom. The van der Waals surface area contributed by atoms with E-state index in [-0.39, 0.29) is 24.0 Å². The normalized spacial score (nSPS) is 14.9. The summed E-state index contributed by atoms with van der Waals surface area (Å²) in [6, 6.07) is 12.6. The second kappa shape index (κ2) is 12.8. The van der Waals surface area contributed by atoms with Crippen LogP contribution >= 0.6 is 24.0 Å². The molecule has 0 spiro atoms. The van der Waals surface area contributed by atoms with E-state index in [0.717, 1.165) is 51.0 Å². The average Bonchev–Trinajstić information content (AvgIpc) is 2.73. The van der Waals surface area contributed by atoms with Crippen molar-refractivity contribution in [2.45, 2.75) is 33.5 Å². The molecule has 0 bridgehead atoms. The van der Waals surface area contributed by atoms with Crippen LogP contribution < -0.4 is 10.6 Å². The van der Waals surface area contributed by atoms with Crippen molar-refractivity contribution in [3.8, 4) is 0 Å². The van der Waals surface area contributed by atoms with Crippen molar-refractivity contribution in [1.82, 2.24) is 20.5 Å². The van der Waals surface area contributed by atoms with Crippen LogP contribution in [0.4, 0.5) is 0 Å². The number of pyridine rings is 1. The molecule has 0 aliphatic carbocycles. The largest absolute Gasteiger partial charge is 0.379 e. The number of morpholine rings is 1. The number of nitrogens with zero attached hydrogens (tertiary/aromatic N) is 3. The molecule has 158 valence electrons. The summed E-state index contributed by atoms with van der Waals surface area (Å²) in [6.07, 6.45) is 1.83. The molecule has 0 saturated carbocycles. The van der Waals surface area contributed by atoms with E-state index in [1.165, 1.54) is 16.7 Å². The van der Waals surface area contributed by atoms with Crippen LogP contribution in [-0.4, -0.2) is 48.7 Å². The smallest absolute Gasteiger partial charge is 0.191 e. The zero-order valence-electron chi connectivity index (χ0n) is 17.4. The molecule has 3 rings (SSSR count). The van der Waals surface area contributed by atoms with E-state index in [4.69, 9.17) is 9.73 Å². The van der Waals surface area contributed by atoms with Gasteiger partial charge in [-0.25, -0.2) is 4.99 Å². The van der Waals surface area contributed by atoms with Gasteiger partial charge in [0.1, 0.15) is 0 Å². The molecule has 29 heavy (non-hydrogen) atoms. The lowest BCUT2D eigenvalue weighted by Gasteiger charge is -2.27. The molecule has 1 saturated heterocycles. The van der Waals surface area contributed by atoms with Gasteiger partial charge in [-0.3, -0.25) is 9.88 Å². The molecule has 1 fully saturated rings. The van der Waals surface area contributed by atoms with Gasteiger partial charge >= 0.3 is 0 Å². The predicted octanol–water partition coefficient (Wildman–Crippen LogP) is 3.10. The van der Waals surface area contributed by atoms with E-state index in [1.54, 1.807) is 0 Å². The van der Waals surface area contributed by atoms with Crippen molar-refractivity contribution >= 4 is 29.9 Å². The first kappa shape index (κ1) is 23.6. The van der Waals surface area contributed by atoms with Crippen molar-refractivity contribution < 1.29 is 4.74 Å². The van der Waals surface area contributed by atoms with Crippen LogP contribution in [0, 0.1) is 6.92 Å². The average molecular weight is 509 g/mol. The number of guanidine groups is 1. The molecular formula is C22H32IN5O. The second-order valence-corrected chi connectivity index (χ2v) is 6.97. The summed E-state index contributed by atoms with van der Waals surface area (Å²) in [7, 11) is 0. The molecule has 1 aliphatic heterocycles. The Morgan fingerprint density at radius 1 is 1.10 bits per heavy atom. The molecule has 1 aromatic carbocycles. The molecule has 2 N–H and O–H groups in total. The predicted molar refractivity (Wildman–Crippen MR) is 129 cm³/mol. The standard InChI is InChI=1S/C22H31N5O.HI/c1-3-23-22(26-16-21-18(2)7-6-10-24-21)25-15-19-8-4-5-9-20(19)17-27-11-13-28-14-12-27;/h4-10H,3,11-17H2,1-2H3,(H2,23,25,26);1H. The van der Waals surface area contributed by atoms with Crippen molar-refractivity contribution in [1.29, 1.82) is 0 Å². The topological polar surface area (TPSA) is 61.8 Å². The van der Waals surface area contributed by atoms with E-state index in [2.05, 4.69) is 64.7 Å². The minimum absolute atomic E-state index is 0. The highest BCUT2D eigenvalue weighted by Crippen LogP contribution is 2.14. The molecule has 7 heteroatoms. The fourth-order valence-corrected chi connectivity index (χ4v) is 3.24. The number of ether oxygens (including phenoxy) is 1. The van der Waals surface area contributed by atoms with Gasteiger partial charge in [0.05, 0.1) is 32.0 Å². The van der Waals surface area contributed by atoms with Crippen molar-refractivity contribution in [3.63, 3.8) is 0 Å². The van der Waals surface area contributed by atoms with E-state index in [1.807, 2.05) is 12.3 Å². The van der Waals surface area contributed by atoms with Crippen molar-refractivity contribution in [2.24, 2.45) is 4.99 Å². The van der Waals surface area contributed by atoms with E-state index >= 15 is 0 Å². The number of aromatic nitrogens is 1. The summed E-state index contributed by atoms with van der Waals surface area (Å²) in [6.45, 7) is 10.9. The SMILES string of the molecule is CCNC(=NCc1ccccc1CN1CCOCC1)NCc1ncccc1C.I. The molecule has 2 aromatic rings. The maximum absolute atomic E-state index is 5.46. The molecule has 0 unspecified atom stereocenters. The number of benzene rings is 1. The Kier molecular flexibility index (Phi) is 10.4. The summed E-state index contributed by atoms with van der Waals surface area (Å²) >= 11 is 0. The second-order valence-electron chi connectivity index (χ2n) is 6.97. The summed E-state index contributed by atoms with van der Waals surface area (Å²) in [4.78, 5) is 11.7. The number of rotatable bonds is 7. The van der Waals surface area contributed by atoms with Gasteiger partial charge in [-0.1, -0.05) is 30.3 Å². The van der Waals surface area contributed by atoms with Gasteiger partial charge < -0.3 is 15.4 Å². The Labute approximate surface area is 191 Å². The maximum Gasteiger partial charge on any atom is 0.191 e. The van der Waals surface area contributed by atoms with Crippen LogP contribution in [0.3, 0.4) is 0 Å². The summed E-state index contributed by atoms with van der Waals surface area (Å²) in [5.41, 5.74) is 4.83. The Balaban J connectivity index is 0.00000300. The zero-order chi connectivity index (χ0) is 19.6. The van der Waals surface area contributed by atoms with Crippen LogP contribution in [0.1, 0.15) is 29.3 Å². The monoisotopic (exact) mass is 509 g/mol. The third kappa shape index (κ3) is 7.56. The summed E-state index contributed by atoms with van der Waals surface area (Å²) in [5, 5.41) is 6.73. The van der Waals surface area contributed by atoms with Gasteiger partial charge in [-0.05, 0) is 36.6 Å². The molecule has 0 amide bonds. The van der Waals surface area contributed by atoms with E-state index in [0.29, 0.717) is 13.1 Å². The van der Waals surface area contributed by atoms with Gasteiger partial charge in [0.15, 0.2) is 5.96 Å². The van der Waals surface area contributed by atoms with Crippen molar-refractivity contribution in [3.05, 3.63) is 65.0 Å². The Morgan fingerprint density at radius 2 is 1.86 bits per heavy atom. The highest BCUT2D eigenvalue weighted by atomic mass is 127. The van der Waals surface area contributed by atoms with Crippen LogP contribution in [0.5, 0.6) is 0 Å². The first-order valence-corrected chi connectivity index (χ1v) is 10.1. The number of aryl methyl sites for hydroxylation is 1. The lowest BCUT2D eigenvalue weighted by molar-refractivity contribution is 0.0341. The lowest BCUT2D eigenvalue weighted by atomic mass is 10.1. The minimum Gasteiger partial charge on any atom is -0.379 e. The molecule has 1 aliphatic rings. The van der Waals surface area contributed by atoms with Gasteiger partial charge in [0.2, 0.25) is 0 Å². The number of aliphatic imine (C=N–C) groups is 1. The third-order valence-electron chi connectivity index (χ3n) is 4.91. The Bertz CT molecular complexity index is 777. The fourth-order valence-electron chi connectivity index (χ4n) is 3.24. The summed E-state index contributed by atoms with van der Waals surface area (Å²) in [5.74, 6) is 0.814. The Hall–Kier alpha value is -1.71. The number of halogens is 1. The lowest BCUT2D eigenvalue weighted by Crippen LogP contribution is -2.37. The fraction of sp³-hybridized carbons (Fsp3) is 0.455. The van der Waals surface area contributed by atoms with Gasteiger partial charge in [-0.2, -0.15) is 0 Å². The molecule has 0 radical (unpaired) electrons. The van der Waals surface area contributed by atoms with Crippen molar-refractivity contribution in [2.75, 3.05) is 32.8 Å². The first-order valence-electron chi connectivity index (χ1n) is 10.1. The van der Waals surface area contributed by atoms with Crippen LogP contribution in [0.15, 0.2) is 47.6 Å². The zero-order valence-corrected chi connectivity index (χ0v) is 19.7. The first-order chi connectivity index (χ1) is 13.8.